The number of Topliss-reactive ketones (excluding diaryl/α,β-unsaturated/α-hetero) is 4. The van der Waals surface area contributed by atoms with E-state index in [0.717, 1.165) is 19.3 Å². The van der Waals surface area contributed by atoms with Crippen molar-refractivity contribution >= 4 is 38.9 Å². The van der Waals surface area contributed by atoms with Crippen LogP contribution in [0.25, 0.3) is 0 Å². The molecule has 50 heavy (non-hydrogen) atoms. The molecule has 1 saturated heterocycles. The van der Waals surface area contributed by atoms with E-state index in [1.807, 2.05) is 34.6 Å². The molecule has 0 N–H and O–H groups in total. The molecule has 2 aliphatic carbocycles. The smallest absolute Gasteiger partial charge is 0.227 e. The van der Waals surface area contributed by atoms with Crippen molar-refractivity contribution in [3.8, 4) is 12.3 Å². The molecule has 0 spiro atoms. The van der Waals surface area contributed by atoms with Crippen LogP contribution in [0.15, 0.2) is 12.7 Å². The van der Waals surface area contributed by atoms with E-state index in [0.29, 0.717) is 32.2 Å². The minimum absolute atomic E-state index is 0.00336. The largest absolute Gasteiger partial charge is 0.332 e. The van der Waals surface area contributed by atoms with Crippen molar-refractivity contribution < 1.29 is 32.4 Å². The Morgan fingerprint density at radius 2 is 1.66 bits per heavy atom. The van der Waals surface area contributed by atoms with E-state index in [1.54, 1.807) is 11.0 Å². The number of sulfone groups is 1. The van der Waals surface area contributed by atoms with Crippen molar-refractivity contribution in [2.24, 2.45) is 45.8 Å². The van der Waals surface area contributed by atoms with Crippen LogP contribution < -0.4 is 0 Å². The second kappa shape index (κ2) is 16.8. The maximum Gasteiger partial charge on any atom is 0.227 e. The van der Waals surface area contributed by atoms with Gasteiger partial charge in [-0.3, -0.25) is 24.0 Å². The lowest BCUT2D eigenvalue weighted by atomic mass is 9.70. The molecule has 2 unspecified atom stereocenters. The minimum atomic E-state index is -3.35. The second-order valence-corrected chi connectivity index (χ2v) is 20.0. The number of likely N-dealkylation sites (tertiary alicyclic amines) is 1. The number of nitrogens with zero attached hydrogens (tertiary/aromatic N) is 1. The molecule has 3 fully saturated rings. The van der Waals surface area contributed by atoms with Crippen LogP contribution in [0.1, 0.15) is 132 Å². The third-order valence-electron chi connectivity index (χ3n) is 11.9. The predicted molar refractivity (Wildman–Crippen MR) is 198 cm³/mol. The highest BCUT2D eigenvalue weighted by atomic mass is 32.2. The summed E-state index contributed by atoms with van der Waals surface area (Å²) in [5.41, 5.74) is -1.37. The summed E-state index contributed by atoms with van der Waals surface area (Å²) in [5.74, 6) is -0.340. The fraction of sp³-hybridized carbons (Fsp3) is 0.780. The molecule has 0 radical (unpaired) electrons. The summed E-state index contributed by atoms with van der Waals surface area (Å²) < 4.78 is 26.5. The maximum atomic E-state index is 14.6. The van der Waals surface area contributed by atoms with Gasteiger partial charge in [0.2, 0.25) is 11.7 Å². The minimum Gasteiger partial charge on any atom is -0.332 e. The maximum absolute atomic E-state index is 14.6. The Labute approximate surface area is 302 Å². The summed E-state index contributed by atoms with van der Waals surface area (Å²) in [7, 11) is -3.35. The number of amides is 1. The first-order valence-corrected chi connectivity index (χ1v) is 20.7. The van der Waals surface area contributed by atoms with Crippen molar-refractivity contribution in [2.75, 3.05) is 18.1 Å². The first-order chi connectivity index (χ1) is 23.2. The number of fused-ring (bicyclic) bond motifs is 1. The number of hydrogen-bond donors (Lipinski definition) is 0. The van der Waals surface area contributed by atoms with Gasteiger partial charge in [0, 0.05) is 50.5 Å². The fourth-order valence-electron chi connectivity index (χ4n) is 8.72. The molecule has 0 bridgehead atoms. The van der Waals surface area contributed by atoms with Crippen LogP contribution in [0.3, 0.4) is 0 Å². The van der Waals surface area contributed by atoms with Crippen LogP contribution in [-0.2, 0) is 33.8 Å². The van der Waals surface area contributed by atoms with Crippen molar-refractivity contribution in [2.45, 2.75) is 138 Å². The van der Waals surface area contributed by atoms with Gasteiger partial charge in [0.1, 0.15) is 5.78 Å². The Morgan fingerprint density at radius 1 is 1.02 bits per heavy atom. The van der Waals surface area contributed by atoms with E-state index in [-0.39, 0.29) is 90.7 Å². The van der Waals surface area contributed by atoms with E-state index >= 15 is 0 Å². The topological polar surface area (TPSA) is 123 Å². The molecule has 1 aliphatic heterocycles. The number of hydrogen-bond acceptors (Lipinski definition) is 7. The van der Waals surface area contributed by atoms with Gasteiger partial charge in [0.05, 0.1) is 17.5 Å². The molecule has 3 rings (SSSR count). The van der Waals surface area contributed by atoms with E-state index in [2.05, 4.69) is 26.3 Å². The number of allylic oxidation sites excluding steroid dienone is 1. The average molecular weight is 714 g/mol. The van der Waals surface area contributed by atoms with Crippen LogP contribution in [0.2, 0.25) is 0 Å². The Hall–Kier alpha value is -2.60. The molecule has 3 aliphatic rings. The lowest BCUT2D eigenvalue weighted by molar-refractivity contribution is -0.148. The highest BCUT2D eigenvalue weighted by Crippen LogP contribution is 2.65. The SMILES string of the molecule is C#CCCC(CC(=O)[C@@H]1[C@@H]2C(CN1C(=O)[C@@H](CC(=O)CC1(CS(=O)(=O)CCC(C)C)CCCCC1)C(C)(C)C)C2(C)C)C(=O)C(=O)CCC=C. The summed E-state index contributed by atoms with van der Waals surface area (Å²) in [6, 6.07) is -0.748. The number of terminal acetylenes is 1. The molecule has 2 saturated carbocycles. The number of carbonyl (C=O) groups is 5. The van der Waals surface area contributed by atoms with Gasteiger partial charge in [0.15, 0.2) is 21.4 Å². The third-order valence-corrected chi connectivity index (χ3v) is 13.8. The molecule has 1 amide bonds. The number of carbonyl (C=O) groups excluding carboxylic acids is 5. The van der Waals surface area contributed by atoms with E-state index in [4.69, 9.17) is 6.42 Å². The zero-order chi connectivity index (χ0) is 37.7. The zero-order valence-corrected chi connectivity index (χ0v) is 32.7. The predicted octanol–water partition coefficient (Wildman–Crippen LogP) is 6.99. The monoisotopic (exact) mass is 713 g/mol. The molecule has 8 nitrogen and oxygen atoms in total. The fourth-order valence-corrected chi connectivity index (χ4v) is 11.0. The summed E-state index contributed by atoms with van der Waals surface area (Å²) in [6.45, 7) is 18.0. The summed E-state index contributed by atoms with van der Waals surface area (Å²) >= 11 is 0. The van der Waals surface area contributed by atoms with Crippen LogP contribution in [0, 0.1) is 58.2 Å². The second-order valence-electron chi connectivity index (χ2n) is 17.8. The first kappa shape index (κ1) is 41.8. The van der Waals surface area contributed by atoms with Crippen molar-refractivity contribution in [3.63, 3.8) is 0 Å². The normalized spacial score (nSPS) is 23.7. The Morgan fingerprint density at radius 3 is 2.22 bits per heavy atom. The summed E-state index contributed by atoms with van der Waals surface area (Å²) in [6.07, 6.45) is 12.6. The molecule has 9 heteroatoms. The van der Waals surface area contributed by atoms with Crippen LogP contribution in [0.5, 0.6) is 0 Å². The molecule has 1 heterocycles. The van der Waals surface area contributed by atoms with Gasteiger partial charge in [-0.15, -0.1) is 18.9 Å². The standard InChI is InChI=1S/C41H63NO7S/c1-10-12-17-29(37(46)33(44)18-13-11-2)23-34(45)36-35-32(40(35,8)9)26-42(36)38(47)31(39(5,6)7)24-30(43)25-41(20-15-14-16-21-41)27-50(48,49)22-19-28(3)4/h1,11,28-29,31-32,35-36H,2,12-27H2,3-9H3/t29?,31-,32?,35+,36-/m1/s1. The lowest BCUT2D eigenvalue weighted by Crippen LogP contribution is -2.51. The first-order valence-electron chi connectivity index (χ1n) is 18.9. The molecule has 0 aromatic heterocycles. The number of rotatable bonds is 20. The quantitative estimate of drug-likeness (QED) is 0.0758. The van der Waals surface area contributed by atoms with E-state index in [1.165, 1.54) is 0 Å². The Bertz CT molecular complexity index is 1440. The molecular weight excluding hydrogens is 651 g/mol. The van der Waals surface area contributed by atoms with Crippen molar-refractivity contribution in [1.29, 1.82) is 0 Å². The average Bonchev–Trinajstić information content (AvgIpc) is 3.33. The Kier molecular flexibility index (Phi) is 14.1. The van der Waals surface area contributed by atoms with Crippen molar-refractivity contribution in [3.05, 3.63) is 12.7 Å². The van der Waals surface area contributed by atoms with Gasteiger partial charge in [0.25, 0.3) is 0 Å². The lowest BCUT2D eigenvalue weighted by Gasteiger charge is -2.39. The number of ketones is 4. The summed E-state index contributed by atoms with van der Waals surface area (Å²) in [5, 5.41) is 0. The van der Waals surface area contributed by atoms with Crippen LogP contribution in [-0.4, -0.2) is 66.5 Å². The van der Waals surface area contributed by atoms with Gasteiger partial charge >= 0.3 is 0 Å². The Balaban J connectivity index is 1.84. The third kappa shape index (κ3) is 10.5. The zero-order valence-electron chi connectivity index (χ0n) is 31.9. The highest BCUT2D eigenvalue weighted by Gasteiger charge is 2.69. The molecule has 0 aromatic rings. The molecular formula is C41H63NO7S. The summed E-state index contributed by atoms with van der Waals surface area (Å²) in [4.78, 5) is 70.2. The highest BCUT2D eigenvalue weighted by molar-refractivity contribution is 7.91. The van der Waals surface area contributed by atoms with Crippen LogP contribution >= 0.6 is 0 Å². The molecule has 0 aromatic carbocycles. The van der Waals surface area contributed by atoms with Gasteiger partial charge < -0.3 is 4.90 Å². The van der Waals surface area contributed by atoms with E-state index < -0.39 is 50.1 Å². The van der Waals surface area contributed by atoms with Gasteiger partial charge in [-0.25, -0.2) is 8.42 Å². The van der Waals surface area contributed by atoms with Gasteiger partial charge in [-0.2, -0.15) is 0 Å². The van der Waals surface area contributed by atoms with E-state index in [9.17, 15) is 32.4 Å². The van der Waals surface area contributed by atoms with Gasteiger partial charge in [-0.05, 0) is 66.1 Å². The van der Waals surface area contributed by atoms with Crippen LogP contribution in [0.4, 0.5) is 0 Å². The van der Waals surface area contributed by atoms with Crippen molar-refractivity contribution in [1.82, 2.24) is 4.90 Å². The number of piperidine rings is 1. The molecule has 280 valence electrons. The molecule has 5 atom stereocenters. The van der Waals surface area contributed by atoms with Gasteiger partial charge in [-0.1, -0.05) is 73.8 Å².